The van der Waals surface area contributed by atoms with Crippen molar-refractivity contribution in [1.82, 2.24) is 0 Å². The summed E-state index contributed by atoms with van der Waals surface area (Å²) in [6, 6.07) is 11.4. The lowest BCUT2D eigenvalue weighted by Gasteiger charge is -2.06. The lowest BCUT2D eigenvalue weighted by atomic mass is 9.99. The number of hydrogen-bond donors (Lipinski definition) is 0. The lowest BCUT2D eigenvalue weighted by Crippen LogP contribution is -1.87. The molecule has 0 nitrogen and oxygen atoms in total. The summed E-state index contributed by atoms with van der Waals surface area (Å²) in [7, 11) is 0. The molecule has 0 bridgehead atoms. The van der Waals surface area contributed by atoms with Crippen LogP contribution in [0.25, 0.3) is 11.1 Å². The van der Waals surface area contributed by atoms with Gasteiger partial charge in [0.1, 0.15) is 0 Å². The largest absolute Gasteiger partial charge is 0.0590 e. The molecular weight excluding hydrogens is 192 g/mol. The number of benzene rings is 2. The van der Waals surface area contributed by atoms with Crippen LogP contribution in [-0.2, 0) is 6.42 Å². The van der Waals surface area contributed by atoms with E-state index in [0.717, 1.165) is 6.42 Å². The molecule has 2 aromatic rings. The van der Waals surface area contributed by atoms with Crippen LogP contribution < -0.4 is 0 Å². The van der Waals surface area contributed by atoms with Crippen LogP contribution >= 0.6 is 0 Å². The number of rotatable bonds is 0. The van der Waals surface area contributed by atoms with Crippen LogP contribution in [0.5, 0.6) is 0 Å². The first kappa shape index (κ1) is 9.65. The van der Waals surface area contributed by atoms with Gasteiger partial charge in [0.05, 0.1) is 0 Å². The Labute approximate surface area is 96.9 Å². The van der Waals surface area contributed by atoms with Gasteiger partial charge in [0.15, 0.2) is 0 Å². The highest BCUT2D eigenvalue weighted by Gasteiger charge is 2.19. The monoisotopic (exact) mass is 208 g/mol. The molecule has 0 unspecified atom stereocenters. The van der Waals surface area contributed by atoms with Gasteiger partial charge in [-0.2, -0.15) is 0 Å². The van der Waals surface area contributed by atoms with Gasteiger partial charge in [-0.25, -0.2) is 0 Å². The van der Waals surface area contributed by atoms with Crippen molar-refractivity contribution >= 4 is 0 Å². The molecule has 1 aliphatic carbocycles. The minimum atomic E-state index is 1.11. The Hall–Kier alpha value is -1.56. The Balaban J connectivity index is 2.31. The third kappa shape index (κ3) is 1.30. The van der Waals surface area contributed by atoms with Crippen LogP contribution in [0.2, 0.25) is 0 Å². The van der Waals surface area contributed by atoms with Crippen LogP contribution in [0, 0.1) is 20.8 Å². The quantitative estimate of drug-likeness (QED) is 0.520. The predicted molar refractivity (Wildman–Crippen MR) is 68.9 cm³/mol. The molecule has 80 valence electrons. The first-order chi connectivity index (χ1) is 7.65. The third-order valence-corrected chi connectivity index (χ3v) is 3.54. The van der Waals surface area contributed by atoms with E-state index in [1.54, 1.807) is 0 Å². The molecular formula is C16H16. The maximum absolute atomic E-state index is 2.33. The van der Waals surface area contributed by atoms with Crippen LogP contribution in [-0.4, -0.2) is 0 Å². The van der Waals surface area contributed by atoms with Crippen molar-refractivity contribution in [1.29, 1.82) is 0 Å². The number of aryl methyl sites for hydroxylation is 3. The first-order valence-electron chi connectivity index (χ1n) is 5.85. The van der Waals surface area contributed by atoms with Gasteiger partial charge in [0, 0.05) is 0 Å². The van der Waals surface area contributed by atoms with Crippen LogP contribution in [0.15, 0.2) is 30.3 Å². The van der Waals surface area contributed by atoms with Gasteiger partial charge in [-0.05, 0) is 55.0 Å². The molecule has 0 spiro atoms. The van der Waals surface area contributed by atoms with E-state index < -0.39 is 0 Å². The highest BCUT2D eigenvalue weighted by molar-refractivity contribution is 5.78. The molecule has 3 rings (SSSR count). The standard InChI is InChI=1S/C16H16/c1-10-4-5-13-9-14-12(3)6-11(2)8-16(14)15(13)7-10/h4-8H,9H2,1-3H3. The average molecular weight is 208 g/mol. The molecule has 0 saturated heterocycles. The van der Waals surface area contributed by atoms with E-state index >= 15 is 0 Å². The second-order valence-corrected chi connectivity index (χ2v) is 4.95. The summed E-state index contributed by atoms with van der Waals surface area (Å²) >= 11 is 0. The summed E-state index contributed by atoms with van der Waals surface area (Å²) in [6.45, 7) is 6.58. The summed E-state index contributed by atoms with van der Waals surface area (Å²) in [6.07, 6.45) is 1.11. The molecule has 0 heteroatoms. The van der Waals surface area contributed by atoms with Gasteiger partial charge in [-0.1, -0.05) is 41.5 Å². The molecule has 0 aliphatic heterocycles. The van der Waals surface area contributed by atoms with Crippen molar-refractivity contribution in [3.8, 4) is 11.1 Å². The van der Waals surface area contributed by atoms with Gasteiger partial charge >= 0.3 is 0 Å². The molecule has 0 aromatic heterocycles. The van der Waals surface area contributed by atoms with Gasteiger partial charge in [0.2, 0.25) is 0 Å². The van der Waals surface area contributed by atoms with E-state index in [0.29, 0.717) is 0 Å². The fourth-order valence-corrected chi connectivity index (χ4v) is 2.76. The molecule has 0 amide bonds. The molecule has 0 heterocycles. The van der Waals surface area contributed by atoms with E-state index in [2.05, 4.69) is 51.1 Å². The van der Waals surface area contributed by atoms with Crippen molar-refractivity contribution in [2.45, 2.75) is 27.2 Å². The highest BCUT2D eigenvalue weighted by atomic mass is 14.2. The van der Waals surface area contributed by atoms with E-state index in [1.165, 1.54) is 38.9 Å². The minimum Gasteiger partial charge on any atom is -0.0590 e. The fraction of sp³-hybridized carbons (Fsp3) is 0.250. The Morgan fingerprint density at radius 3 is 2.38 bits per heavy atom. The summed E-state index contributed by atoms with van der Waals surface area (Å²) in [5.74, 6) is 0. The summed E-state index contributed by atoms with van der Waals surface area (Å²) in [5, 5.41) is 0. The van der Waals surface area contributed by atoms with Crippen molar-refractivity contribution in [3.05, 3.63) is 58.1 Å². The molecule has 16 heavy (non-hydrogen) atoms. The van der Waals surface area contributed by atoms with Gasteiger partial charge in [-0.3, -0.25) is 0 Å². The van der Waals surface area contributed by atoms with Crippen molar-refractivity contribution in [3.63, 3.8) is 0 Å². The molecule has 0 saturated carbocycles. The summed E-state index contributed by atoms with van der Waals surface area (Å²) in [4.78, 5) is 0. The maximum atomic E-state index is 2.33. The Bertz CT molecular complexity index is 577. The summed E-state index contributed by atoms with van der Waals surface area (Å²) < 4.78 is 0. The maximum Gasteiger partial charge on any atom is -0.00108 e. The third-order valence-electron chi connectivity index (χ3n) is 3.54. The SMILES string of the molecule is Cc1ccc2c(c1)-c1cc(C)cc(C)c1C2. The molecule has 0 N–H and O–H groups in total. The number of fused-ring (bicyclic) bond motifs is 3. The summed E-state index contributed by atoms with van der Waals surface area (Å²) in [5.41, 5.74) is 10.1. The van der Waals surface area contributed by atoms with Gasteiger partial charge in [0.25, 0.3) is 0 Å². The molecule has 1 aliphatic rings. The average Bonchev–Trinajstić information content (AvgIpc) is 2.57. The lowest BCUT2D eigenvalue weighted by molar-refractivity contribution is 1.20. The zero-order valence-electron chi connectivity index (χ0n) is 10.1. The molecule has 0 atom stereocenters. The van der Waals surface area contributed by atoms with E-state index in [1.807, 2.05) is 0 Å². The van der Waals surface area contributed by atoms with Gasteiger partial charge < -0.3 is 0 Å². The first-order valence-corrected chi connectivity index (χ1v) is 5.85. The molecule has 0 fully saturated rings. The minimum absolute atomic E-state index is 1.11. The predicted octanol–water partition coefficient (Wildman–Crippen LogP) is 4.18. The van der Waals surface area contributed by atoms with Crippen molar-refractivity contribution < 1.29 is 0 Å². The smallest absolute Gasteiger partial charge is 0.00108 e. The Morgan fingerprint density at radius 1 is 0.812 bits per heavy atom. The second kappa shape index (κ2) is 3.21. The Kier molecular flexibility index (Phi) is 1.94. The highest BCUT2D eigenvalue weighted by Crippen LogP contribution is 2.39. The van der Waals surface area contributed by atoms with E-state index in [4.69, 9.17) is 0 Å². The number of hydrogen-bond acceptors (Lipinski definition) is 0. The van der Waals surface area contributed by atoms with Crippen molar-refractivity contribution in [2.24, 2.45) is 0 Å². The van der Waals surface area contributed by atoms with Crippen LogP contribution in [0.3, 0.4) is 0 Å². The molecule has 0 radical (unpaired) electrons. The second-order valence-electron chi connectivity index (χ2n) is 4.95. The van der Waals surface area contributed by atoms with Gasteiger partial charge in [-0.15, -0.1) is 0 Å². The zero-order chi connectivity index (χ0) is 11.3. The zero-order valence-corrected chi connectivity index (χ0v) is 10.1. The molecule has 2 aromatic carbocycles. The normalized spacial score (nSPS) is 12.4. The van der Waals surface area contributed by atoms with E-state index in [-0.39, 0.29) is 0 Å². The topological polar surface area (TPSA) is 0 Å². The van der Waals surface area contributed by atoms with E-state index in [9.17, 15) is 0 Å². The fourth-order valence-electron chi connectivity index (χ4n) is 2.76. The Morgan fingerprint density at radius 2 is 1.56 bits per heavy atom. The van der Waals surface area contributed by atoms with Crippen molar-refractivity contribution in [2.75, 3.05) is 0 Å². The van der Waals surface area contributed by atoms with Crippen LogP contribution in [0.4, 0.5) is 0 Å². The van der Waals surface area contributed by atoms with Crippen LogP contribution in [0.1, 0.15) is 27.8 Å².